The van der Waals surface area contributed by atoms with Gasteiger partial charge in [0, 0.05) is 23.3 Å². The minimum atomic E-state index is -0.308. The van der Waals surface area contributed by atoms with E-state index in [1.807, 2.05) is 68.6 Å². The van der Waals surface area contributed by atoms with Gasteiger partial charge >= 0.3 is 0 Å². The van der Waals surface area contributed by atoms with Crippen molar-refractivity contribution in [2.24, 2.45) is 0 Å². The molecule has 3 rings (SSSR count). The molecule has 3 aromatic rings. The number of hydrogen-bond acceptors (Lipinski definition) is 3. The summed E-state index contributed by atoms with van der Waals surface area (Å²) in [6.07, 6.45) is 14.9. The zero-order valence-electron chi connectivity index (χ0n) is 25.1. The lowest BCUT2D eigenvalue weighted by molar-refractivity contribution is -0.701. The first-order chi connectivity index (χ1) is 19.5. The summed E-state index contributed by atoms with van der Waals surface area (Å²) in [6.45, 7) is 7.83. The van der Waals surface area contributed by atoms with Crippen LogP contribution in [0.2, 0.25) is 0 Å². The number of carbonyl (C=O) groups is 2. The van der Waals surface area contributed by atoms with Gasteiger partial charge in [0.05, 0.1) is 6.61 Å². The van der Waals surface area contributed by atoms with E-state index < -0.39 is 0 Å². The number of amides is 2. The maximum Gasteiger partial charge on any atom is 0.261 e. The van der Waals surface area contributed by atoms with Crippen LogP contribution in [0.1, 0.15) is 110 Å². The summed E-state index contributed by atoms with van der Waals surface area (Å²) >= 11 is 0. The number of pyridine rings is 1. The van der Waals surface area contributed by atoms with E-state index in [4.69, 9.17) is 4.74 Å². The van der Waals surface area contributed by atoms with Gasteiger partial charge < -0.3 is 28.7 Å². The molecule has 2 aromatic carbocycles. The molecule has 0 radical (unpaired) electrons. The topological polar surface area (TPSA) is 50.5 Å². The van der Waals surface area contributed by atoms with Gasteiger partial charge in [0.25, 0.3) is 11.8 Å². The van der Waals surface area contributed by atoms with E-state index >= 15 is 0 Å². The van der Waals surface area contributed by atoms with Gasteiger partial charge in [0.2, 0.25) is 5.69 Å². The predicted molar refractivity (Wildman–Crippen MR) is 161 cm³/mol. The lowest BCUT2D eigenvalue weighted by atomic mass is 10.1. The van der Waals surface area contributed by atoms with Crippen LogP contribution in [0.15, 0.2) is 72.9 Å². The monoisotopic (exact) mass is 670 g/mol. The third-order valence-corrected chi connectivity index (χ3v) is 7.40. The molecule has 6 heteroatoms. The number of ether oxygens (including phenoxy) is 1. The zero-order chi connectivity index (χ0) is 28.6. The molecule has 222 valence electrons. The van der Waals surface area contributed by atoms with Crippen molar-refractivity contribution in [1.29, 1.82) is 0 Å². The number of halogens is 1. The van der Waals surface area contributed by atoms with Crippen molar-refractivity contribution in [1.82, 2.24) is 4.90 Å². The van der Waals surface area contributed by atoms with E-state index in [0.717, 1.165) is 30.0 Å². The molecule has 0 bridgehead atoms. The zero-order valence-corrected chi connectivity index (χ0v) is 27.3. The second-order valence-electron chi connectivity index (χ2n) is 10.5. The van der Waals surface area contributed by atoms with Crippen molar-refractivity contribution in [3.05, 3.63) is 95.3 Å². The van der Waals surface area contributed by atoms with Crippen molar-refractivity contribution in [2.45, 2.75) is 98.1 Å². The van der Waals surface area contributed by atoms with Crippen LogP contribution >= 0.6 is 0 Å². The maximum atomic E-state index is 13.8. The van der Waals surface area contributed by atoms with Gasteiger partial charge in [-0.2, -0.15) is 0 Å². The summed E-state index contributed by atoms with van der Waals surface area (Å²) in [7, 11) is 0. The molecule has 0 saturated heterocycles. The molecule has 1 aromatic heterocycles. The minimum Gasteiger partial charge on any atom is -1.00 e. The van der Waals surface area contributed by atoms with Gasteiger partial charge in [-0.05, 0) is 56.2 Å². The van der Waals surface area contributed by atoms with E-state index in [1.54, 1.807) is 18.2 Å². The van der Waals surface area contributed by atoms with E-state index in [2.05, 4.69) is 11.5 Å². The summed E-state index contributed by atoms with van der Waals surface area (Å²) in [5.74, 6) is 0.148. The van der Waals surface area contributed by atoms with Crippen LogP contribution in [0, 0.1) is 6.92 Å². The number of hydrogen-bond donors (Lipinski definition) is 0. The Morgan fingerprint density at radius 1 is 0.756 bits per heavy atom. The number of carbonyl (C=O) groups excluding carboxylic acids is 2. The van der Waals surface area contributed by atoms with Crippen molar-refractivity contribution in [3.63, 3.8) is 0 Å². The molecule has 41 heavy (non-hydrogen) atoms. The molecule has 0 fully saturated rings. The van der Waals surface area contributed by atoms with Gasteiger partial charge in [-0.25, -0.2) is 4.57 Å². The molecule has 5 nitrogen and oxygen atoms in total. The Hall–Kier alpha value is -2.74. The first kappa shape index (κ1) is 34.5. The van der Waals surface area contributed by atoms with Crippen LogP contribution in [0.25, 0.3) is 0 Å². The smallest absolute Gasteiger partial charge is 0.261 e. The highest BCUT2D eigenvalue weighted by Gasteiger charge is 2.28. The summed E-state index contributed by atoms with van der Waals surface area (Å²) in [5.41, 5.74) is 2.70. The van der Waals surface area contributed by atoms with Crippen molar-refractivity contribution in [2.75, 3.05) is 6.61 Å². The van der Waals surface area contributed by atoms with E-state index in [0.29, 0.717) is 17.7 Å². The van der Waals surface area contributed by atoms with Crippen LogP contribution in [-0.2, 0) is 13.1 Å². The van der Waals surface area contributed by atoms with Crippen LogP contribution in [0.4, 0.5) is 0 Å². The Morgan fingerprint density at radius 3 is 2.02 bits per heavy atom. The minimum absolute atomic E-state index is 0. The molecule has 0 N–H and O–H groups in total. The van der Waals surface area contributed by atoms with Crippen molar-refractivity contribution in [3.8, 4) is 5.75 Å². The Labute approximate surface area is 264 Å². The average Bonchev–Trinajstić information content (AvgIpc) is 2.98. The molecule has 0 atom stereocenters. The summed E-state index contributed by atoms with van der Waals surface area (Å²) < 4.78 is 8.05. The molecule has 0 aliphatic rings. The van der Waals surface area contributed by atoms with Gasteiger partial charge in [0.15, 0.2) is 6.20 Å². The number of imide groups is 1. The first-order valence-electron chi connectivity index (χ1n) is 15.2. The molecule has 1 heterocycles. The van der Waals surface area contributed by atoms with Crippen LogP contribution in [0.3, 0.4) is 0 Å². The van der Waals surface area contributed by atoms with Crippen molar-refractivity contribution < 1.29 is 42.9 Å². The molecule has 0 aliphatic carbocycles. The highest BCUT2D eigenvalue weighted by Crippen LogP contribution is 2.21. The summed E-state index contributed by atoms with van der Waals surface area (Å²) in [5, 5.41) is 0. The average molecular weight is 671 g/mol. The largest absolute Gasteiger partial charge is 1.00 e. The third kappa shape index (κ3) is 11.2. The first-order valence-corrected chi connectivity index (χ1v) is 15.2. The lowest BCUT2D eigenvalue weighted by Crippen LogP contribution is -3.00. The summed E-state index contributed by atoms with van der Waals surface area (Å²) in [6, 6.07) is 20.4. The third-order valence-electron chi connectivity index (χ3n) is 7.40. The number of benzene rings is 2. The molecule has 0 unspecified atom stereocenters. The van der Waals surface area contributed by atoms with E-state index in [9.17, 15) is 9.59 Å². The number of aryl methyl sites for hydroxylation is 2. The van der Waals surface area contributed by atoms with Gasteiger partial charge in [0.1, 0.15) is 18.8 Å². The van der Waals surface area contributed by atoms with E-state index in [-0.39, 0.29) is 42.3 Å². The van der Waals surface area contributed by atoms with E-state index in [1.165, 1.54) is 62.7 Å². The quantitative estimate of drug-likeness (QED) is 0.0871. The molecular weight excluding hydrogens is 623 g/mol. The molecule has 2 amide bonds. The fourth-order valence-corrected chi connectivity index (χ4v) is 4.99. The highest BCUT2D eigenvalue weighted by molar-refractivity contribution is 6.10. The lowest BCUT2D eigenvalue weighted by Gasteiger charge is -2.21. The molecular formula is C35H47IN2O3. The number of rotatable bonds is 17. The number of unbranched alkanes of at least 4 members (excludes halogenated alkanes) is 9. The summed E-state index contributed by atoms with van der Waals surface area (Å²) in [4.78, 5) is 28.7. The fraction of sp³-hybridized carbons (Fsp3) is 0.457. The van der Waals surface area contributed by atoms with Crippen LogP contribution in [0.5, 0.6) is 5.75 Å². The van der Waals surface area contributed by atoms with Gasteiger partial charge in [-0.15, -0.1) is 0 Å². The number of nitrogens with zero attached hydrogens (tertiary/aromatic N) is 2. The van der Waals surface area contributed by atoms with Gasteiger partial charge in [-0.3, -0.25) is 14.5 Å². The van der Waals surface area contributed by atoms with Crippen LogP contribution in [-0.4, -0.2) is 23.3 Å². The maximum absolute atomic E-state index is 13.8. The molecule has 0 saturated carbocycles. The second kappa shape index (κ2) is 19.4. The Morgan fingerprint density at radius 2 is 1.39 bits per heavy atom. The normalized spacial score (nSPS) is 10.6. The second-order valence-corrected chi connectivity index (χ2v) is 10.5. The Kier molecular flexibility index (Phi) is 16.3. The van der Waals surface area contributed by atoms with Gasteiger partial charge in [-0.1, -0.05) is 89.0 Å². The standard InChI is InChI=1S/C35H47N2O3.HI/c1-4-6-7-8-9-10-11-12-13-19-26-40-32-23-24-33(29(3)27-32)35(39)37(34(38)30-20-15-14-16-21-30)28-31-22-17-18-25-36(31)5-2;/h14-18,20-25,27H,4-13,19,26,28H2,1-3H3;1H/q+1;/p-1. The Balaban J connectivity index is 0.00000588. The van der Waals surface area contributed by atoms with Crippen LogP contribution < -0.4 is 33.3 Å². The molecule has 0 spiro atoms. The number of aromatic nitrogens is 1. The SMILES string of the molecule is CCCCCCCCCCCCOc1ccc(C(=O)N(Cc2cccc[n+]2CC)C(=O)c2ccccc2)c(C)c1.[I-]. The fourth-order valence-electron chi connectivity index (χ4n) is 4.99. The molecule has 0 aliphatic heterocycles. The predicted octanol–water partition coefficient (Wildman–Crippen LogP) is 5.09. The van der Waals surface area contributed by atoms with Crippen molar-refractivity contribution >= 4 is 11.8 Å². The highest BCUT2D eigenvalue weighted by atomic mass is 127. The Bertz CT molecular complexity index is 1200.